The summed E-state index contributed by atoms with van der Waals surface area (Å²) in [6, 6.07) is 0. The summed E-state index contributed by atoms with van der Waals surface area (Å²) in [5.74, 6) is 2.61. The predicted molar refractivity (Wildman–Crippen MR) is 127 cm³/mol. The molecule has 0 radical (unpaired) electrons. The molecule has 0 saturated heterocycles. The van der Waals surface area contributed by atoms with Crippen LogP contribution in [0, 0.1) is 28.6 Å². The second kappa shape index (κ2) is 10.5. The van der Waals surface area contributed by atoms with Crippen molar-refractivity contribution >= 4 is 0 Å². The fourth-order valence-electron chi connectivity index (χ4n) is 6.19. The molecule has 0 heteroatoms. The number of hydrogen-bond acceptors (Lipinski definition) is 0. The zero-order valence-electron chi connectivity index (χ0n) is 20.4. The lowest BCUT2D eigenvalue weighted by atomic mass is 9.62. The van der Waals surface area contributed by atoms with Gasteiger partial charge in [-0.1, -0.05) is 91.0 Å². The summed E-state index contributed by atoms with van der Waals surface area (Å²) in [4.78, 5) is 0. The Kier molecular flexibility index (Phi) is 8.90. The Morgan fingerprint density at radius 2 is 1.93 bits per heavy atom. The van der Waals surface area contributed by atoms with E-state index < -0.39 is 0 Å². The van der Waals surface area contributed by atoms with Gasteiger partial charge in [0.05, 0.1) is 0 Å². The van der Waals surface area contributed by atoms with Gasteiger partial charge in [-0.2, -0.15) is 0 Å². The van der Waals surface area contributed by atoms with Gasteiger partial charge in [0, 0.05) is 0 Å². The topological polar surface area (TPSA) is 0 Å². The SMILES string of the molecule is CCC/C(=C/C=C1\CCCC2(C)C(CCCCC(C)(C)C)CCC12)CC(C)C. The molecule has 0 spiro atoms. The van der Waals surface area contributed by atoms with E-state index in [2.05, 4.69) is 60.6 Å². The van der Waals surface area contributed by atoms with E-state index in [9.17, 15) is 0 Å². The zero-order chi connectivity index (χ0) is 20.8. The predicted octanol–water partition coefficient (Wildman–Crippen LogP) is 9.51. The Bertz CT molecular complexity index is 527. The molecule has 0 aliphatic heterocycles. The summed E-state index contributed by atoms with van der Waals surface area (Å²) in [6.07, 6.45) is 21.8. The molecule has 0 bridgehead atoms. The highest BCUT2D eigenvalue weighted by atomic mass is 14.5. The number of allylic oxidation sites excluding steroid dienone is 4. The van der Waals surface area contributed by atoms with Crippen LogP contribution in [0.15, 0.2) is 23.3 Å². The number of rotatable bonds is 9. The van der Waals surface area contributed by atoms with E-state index in [1.54, 1.807) is 11.1 Å². The highest BCUT2D eigenvalue weighted by Crippen LogP contribution is 2.58. The number of unbranched alkanes of at least 4 members (excludes halogenated alkanes) is 1. The third kappa shape index (κ3) is 6.77. The van der Waals surface area contributed by atoms with Crippen molar-refractivity contribution in [3.63, 3.8) is 0 Å². The minimum absolute atomic E-state index is 0.501. The van der Waals surface area contributed by atoms with Crippen LogP contribution in [0.1, 0.15) is 126 Å². The van der Waals surface area contributed by atoms with Crippen molar-refractivity contribution in [2.75, 3.05) is 0 Å². The molecule has 0 aromatic carbocycles. The van der Waals surface area contributed by atoms with Gasteiger partial charge < -0.3 is 0 Å². The number of fused-ring (bicyclic) bond motifs is 1. The average Bonchev–Trinajstić information content (AvgIpc) is 2.92. The Hall–Kier alpha value is -0.520. The lowest BCUT2D eigenvalue weighted by Gasteiger charge is -2.42. The van der Waals surface area contributed by atoms with E-state index in [-0.39, 0.29) is 0 Å². The standard InChI is InChI=1S/C28H50/c1-8-12-23(21-22(2)3)15-16-24-13-11-20-28(7)25(17-18-26(24)28)14-9-10-19-27(4,5)6/h15-16,22,25-26H,8-14,17-21H2,1-7H3/b23-15-,24-16+. The average molecular weight is 387 g/mol. The normalized spacial score (nSPS) is 30.3. The summed E-state index contributed by atoms with van der Waals surface area (Å²) < 4.78 is 0. The molecule has 0 aromatic rings. The minimum Gasteiger partial charge on any atom is -0.0700 e. The van der Waals surface area contributed by atoms with E-state index in [4.69, 9.17) is 0 Å². The molecular formula is C28H50. The van der Waals surface area contributed by atoms with Gasteiger partial charge in [-0.15, -0.1) is 0 Å². The van der Waals surface area contributed by atoms with Gasteiger partial charge in [-0.25, -0.2) is 0 Å². The van der Waals surface area contributed by atoms with Crippen LogP contribution < -0.4 is 0 Å². The lowest BCUT2D eigenvalue weighted by molar-refractivity contribution is 0.126. The van der Waals surface area contributed by atoms with Gasteiger partial charge in [-0.3, -0.25) is 0 Å². The van der Waals surface area contributed by atoms with E-state index in [1.807, 2.05) is 0 Å². The van der Waals surface area contributed by atoms with Gasteiger partial charge >= 0.3 is 0 Å². The second-order valence-corrected chi connectivity index (χ2v) is 11.9. The van der Waals surface area contributed by atoms with Crippen molar-refractivity contribution in [2.45, 2.75) is 126 Å². The van der Waals surface area contributed by atoms with Crippen LogP contribution in [0.4, 0.5) is 0 Å². The molecule has 0 amide bonds. The van der Waals surface area contributed by atoms with Crippen molar-refractivity contribution in [3.8, 4) is 0 Å². The first-order chi connectivity index (χ1) is 13.2. The molecule has 2 aliphatic rings. The first-order valence-corrected chi connectivity index (χ1v) is 12.5. The zero-order valence-corrected chi connectivity index (χ0v) is 20.4. The first-order valence-electron chi connectivity index (χ1n) is 12.5. The molecule has 2 fully saturated rings. The second-order valence-electron chi connectivity index (χ2n) is 11.9. The van der Waals surface area contributed by atoms with E-state index >= 15 is 0 Å². The van der Waals surface area contributed by atoms with Gasteiger partial charge in [0.15, 0.2) is 0 Å². The fraction of sp³-hybridized carbons (Fsp3) is 0.857. The third-order valence-electron chi connectivity index (χ3n) is 7.66. The van der Waals surface area contributed by atoms with Crippen LogP contribution in [0.2, 0.25) is 0 Å². The molecule has 0 aromatic heterocycles. The monoisotopic (exact) mass is 386 g/mol. The quantitative estimate of drug-likeness (QED) is 0.346. The molecule has 3 atom stereocenters. The molecule has 2 saturated carbocycles. The Balaban J connectivity index is 2.01. The largest absolute Gasteiger partial charge is 0.0700 e. The van der Waals surface area contributed by atoms with E-state index in [1.165, 1.54) is 77.0 Å². The third-order valence-corrected chi connectivity index (χ3v) is 7.66. The summed E-state index contributed by atoms with van der Waals surface area (Å²) >= 11 is 0. The molecule has 0 heterocycles. The van der Waals surface area contributed by atoms with Gasteiger partial charge in [0.25, 0.3) is 0 Å². The van der Waals surface area contributed by atoms with Crippen LogP contribution in [0.5, 0.6) is 0 Å². The Labute approximate surface area is 177 Å². The molecular weight excluding hydrogens is 336 g/mol. The first kappa shape index (κ1) is 23.8. The molecule has 2 rings (SSSR count). The highest BCUT2D eigenvalue weighted by Gasteiger charge is 2.48. The van der Waals surface area contributed by atoms with Gasteiger partial charge in [0.2, 0.25) is 0 Å². The maximum absolute atomic E-state index is 2.65. The molecule has 0 N–H and O–H groups in total. The summed E-state index contributed by atoms with van der Waals surface area (Å²) in [5.41, 5.74) is 4.56. The van der Waals surface area contributed by atoms with Crippen molar-refractivity contribution in [3.05, 3.63) is 23.3 Å². The maximum Gasteiger partial charge on any atom is -0.0143 e. The number of hydrogen-bond donors (Lipinski definition) is 0. The molecule has 0 nitrogen and oxygen atoms in total. The van der Waals surface area contributed by atoms with Gasteiger partial charge in [0.1, 0.15) is 0 Å². The van der Waals surface area contributed by atoms with Crippen LogP contribution >= 0.6 is 0 Å². The van der Waals surface area contributed by atoms with Crippen molar-refractivity contribution in [2.24, 2.45) is 28.6 Å². The molecule has 162 valence electrons. The van der Waals surface area contributed by atoms with Crippen LogP contribution in [-0.2, 0) is 0 Å². The van der Waals surface area contributed by atoms with Crippen molar-refractivity contribution in [1.29, 1.82) is 0 Å². The summed E-state index contributed by atoms with van der Waals surface area (Å²) in [6.45, 7) is 16.8. The molecule has 28 heavy (non-hydrogen) atoms. The van der Waals surface area contributed by atoms with E-state index in [0.29, 0.717) is 10.8 Å². The highest BCUT2D eigenvalue weighted by molar-refractivity contribution is 5.25. The van der Waals surface area contributed by atoms with Crippen LogP contribution in [0.3, 0.4) is 0 Å². The van der Waals surface area contributed by atoms with Gasteiger partial charge in [-0.05, 0) is 86.4 Å². The smallest absolute Gasteiger partial charge is 0.0143 e. The minimum atomic E-state index is 0.501. The van der Waals surface area contributed by atoms with Crippen LogP contribution in [0.25, 0.3) is 0 Å². The van der Waals surface area contributed by atoms with Crippen molar-refractivity contribution < 1.29 is 0 Å². The Morgan fingerprint density at radius 3 is 2.57 bits per heavy atom. The molecule has 2 aliphatic carbocycles. The van der Waals surface area contributed by atoms with Crippen LogP contribution in [-0.4, -0.2) is 0 Å². The maximum atomic E-state index is 2.65. The summed E-state index contributed by atoms with van der Waals surface area (Å²) in [7, 11) is 0. The Morgan fingerprint density at radius 1 is 1.18 bits per heavy atom. The molecule has 3 unspecified atom stereocenters. The summed E-state index contributed by atoms with van der Waals surface area (Å²) in [5, 5.41) is 0. The fourth-order valence-corrected chi connectivity index (χ4v) is 6.19. The van der Waals surface area contributed by atoms with E-state index in [0.717, 1.165) is 17.8 Å². The lowest BCUT2D eigenvalue weighted by Crippen LogP contribution is -2.33. The van der Waals surface area contributed by atoms with Crippen molar-refractivity contribution in [1.82, 2.24) is 0 Å².